The number of para-hydroxylation sites is 1. The summed E-state index contributed by atoms with van der Waals surface area (Å²) in [6.07, 6.45) is 1.66. The van der Waals surface area contributed by atoms with Crippen LogP contribution in [0.4, 0.5) is 5.69 Å². The third kappa shape index (κ3) is 3.28. The minimum absolute atomic E-state index is 0.215. The van der Waals surface area contributed by atoms with Gasteiger partial charge in [-0.2, -0.15) is 5.10 Å². The molecule has 7 heteroatoms. The molecular formula is C32H22ClN3O3. The number of hydrogen-bond acceptors (Lipinski definition) is 4. The Morgan fingerprint density at radius 3 is 2.03 bits per heavy atom. The van der Waals surface area contributed by atoms with E-state index in [9.17, 15) is 14.4 Å². The number of hydrogen-bond donors (Lipinski definition) is 1. The Hall–Kier alpha value is -4.55. The minimum Gasteiger partial charge on any atom is -0.274 e. The van der Waals surface area contributed by atoms with Crippen molar-refractivity contribution in [1.82, 2.24) is 5.43 Å². The maximum absolute atomic E-state index is 14.3. The van der Waals surface area contributed by atoms with E-state index in [-0.39, 0.29) is 17.7 Å². The van der Waals surface area contributed by atoms with Gasteiger partial charge in [-0.3, -0.25) is 14.4 Å². The topological polar surface area (TPSA) is 78.8 Å². The first-order chi connectivity index (χ1) is 19.0. The van der Waals surface area contributed by atoms with Gasteiger partial charge in [0.15, 0.2) is 0 Å². The van der Waals surface area contributed by atoms with E-state index in [1.807, 2.05) is 66.7 Å². The molecule has 190 valence electrons. The molecule has 3 amide bonds. The van der Waals surface area contributed by atoms with Gasteiger partial charge in [-0.25, -0.2) is 10.3 Å². The molecule has 2 bridgehead atoms. The van der Waals surface area contributed by atoms with Crippen LogP contribution in [0.5, 0.6) is 0 Å². The molecule has 1 fully saturated rings. The van der Waals surface area contributed by atoms with Crippen molar-refractivity contribution < 1.29 is 14.4 Å². The zero-order chi connectivity index (χ0) is 26.7. The molecule has 0 saturated carbocycles. The van der Waals surface area contributed by atoms with Crippen LogP contribution in [0.25, 0.3) is 0 Å². The molecule has 3 aliphatic carbocycles. The average Bonchev–Trinajstić information content (AvgIpc) is 3.24. The Morgan fingerprint density at radius 1 is 0.795 bits per heavy atom. The summed E-state index contributed by atoms with van der Waals surface area (Å²) in [6.45, 7) is 0. The maximum atomic E-state index is 14.3. The zero-order valence-corrected chi connectivity index (χ0v) is 21.4. The molecule has 1 N–H and O–H groups in total. The van der Waals surface area contributed by atoms with Crippen molar-refractivity contribution in [3.05, 3.63) is 136 Å². The fraction of sp³-hybridized carbons (Fsp3) is 0.125. The van der Waals surface area contributed by atoms with Crippen LogP contribution in [-0.2, 0) is 15.0 Å². The molecule has 4 aliphatic rings. The van der Waals surface area contributed by atoms with Gasteiger partial charge in [-0.1, -0.05) is 78.3 Å². The molecule has 2 atom stereocenters. The van der Waals surface area contributed by atoms with Gasteiger partial charge in [0.2, 0.25) is 11.8 Å². The largest absolute Gasteiger partial charge is 0.274 e. The van der Waals surface area contributed by atoms with Crippen LogP contribution in [0.2, 0.25) is 5.02 Å². The molecule has 0 spiro atoms. The number of imide groups is 1. The molecule has 1 heterocycles. The first kappa shape index (κ1) is 23.6. The SMILES string of the molecule is O=C(N/N=C\C12c3ccccc3C(c3ccccc31)[C@@H]1C(=O)N(c3ccccc3)C(=O)[C@@H]12)c1ccc(Cl)cc1. The van der Waals surface area contributed by atoms with Gasteiger partial charge in [0.1, 0.15) is 0 Å². The predicted octanol–water partition coefficient (Wildman–Crippen LogP) is 5.31. The van der Waals surface area contributed by atoms with Crippen molar-refractivity contribution in [1.29, 1.82) is 0 Å². The van der Waals surface area contributed by atoms with E-state index in [2.05, 4.69) is 10.5 Å². The van der Waals surface area contributed by atoms with Gasteiger partial charge < -0.3 is 0 Å². The van der Waals surface area contributed by atoms with Gasteiger partial charge in [0.05, 0.1) is 22.9 Å². The van der Waals surface area contributed by atoms with Crippen molar-refractivity contribution in [3.8, 4) is 0 Å². The van der Waals surface area contributed by atoms with Gasteiger partial charge in [-0.15, -0.1) is 0 Å². The highest BCUT2D eigenvalue weighted by Crippen LogP contribution is 2.63. The molecule has 1 saturated heterocycles. The molecule has 0 unspecified atom stereocenters. The lowest BCUT2D eigenvalue weighted by Crippen LogP contribution is -2.54. The summed E-state index contributed by atoms with van der Waals surface area (Å²) in [4.78, 5) is 42.5. The number of hydrazone groups is 1. The Balaban J connectivity index is 1.40. The van der Waals surface area contributed by atoms with Crippen molar-refractivity contribution in [2.24, 2.45) is 16.9 Å². The number of rotatable bonds is 4. The van der Waals surface area contributed by atoms with Crippen molar-refractivity contribution in [2.45, 2.75) is 11.3 Å². The predicted molar refractivity (Wildman–Crippen MR) is 149 cm³/mol. The third-order valence-corrected chi connectivity index (χ3v) is 8.49. The van der Waals surface area contributed by atoms with Gasteiger partial charge in [0.25, 0.3) is 5.91 Å². The van der Waals surface area contributed by atoms with Crippen LogP contribution in [0.1, 0.15) is 38.5 Å². The van der Waals surface area contributed by atoms with Crippen LogP contribution in [0.15, 0.2) is 108 Å². The fourth-order valence-electron chi connectivity index (χ4n) is 6.74. The van der Waals surface area contributed by atoms with Crippen molar-refractivity contribution >= 4 is 41.2 Å². The van der Waals surface area contributed by atoms with Crippen LogP contribution >= 0.6 is 11.6 Å². The van der Waals surface area contributed by atoms with Gasteiger partial charge in [0, 0.05) is 22.7 Å². The van der Waals surface area contributed by atoms with Gasteiger partial charge in [-0.05, 0) is 58.7 Å². The Morgan fingerprint density at radius 2 is 1.38 bits per heavy atom. The number of anilines is 1. The number of carbonyl (C=O) groups excluding carboxylic acids is 3. The van der Waals surface area contributed by atoms with Crippen LogP contribution in [0, 0.1) is 11.8 Å². The number of nitrogens with one attached hydrogen (secondary N) is 1. The summed E-state index contributed by atoms with van der Waals surface area (Å²) in [6, 6.07) is 31.4. The van der Waals surface area contributed by atoms with Crippen LogP contribution in [-0.4, -0.2) is 23.9 Å². The smallest absolute Gasteiger partial charge is 0.271 e. The molecule has 6 nitrogen and oxygen atoms in total. The number of amides is 3. The first-order valence-corrected chi connectivity index (χ1v) is 13.1. The molecular weight excluding hydrogens is 510 g/mol. The standard InChI is InChI=1S/C32H22ClN3O3/c33-20-16-14-19(15-17-20)29(37)35-34-18-32-24-12-6-4-10-22(24)26(23-11-5-7-13-25(23)32)27-28(32)31(39)36(30(27)38)21-8-2-1-3-9-21/h1-18,26-28H,(H,35,37)/b34-18-/t26?,27-,28+,32?/m0/s1. The second-order valence-electron chi connectivity index (χ2n) is 10.1. The van der Waals surface area contributed by atoms with E-state index >= 15 is 0 Å². The van der Waals surface area contributed by atoms with E-state index < -0.39 is 23.2 Å². The van der Waals surface area contributed by atoms with Crippen LogP contribution in [0.3, 0.4) is 0 Å². The minimum atomic E-state index is -1.05. The summed E-state index contributed by atoms with van der Waals surface area (Å²) in [7, 11) is 0. The second kappa shape index (κ2) is 8.75. The molecule has 1 aliphatic heterocycles. The maximum Gasteiger partial charge on any atom is 0.271 e. The normalized spacial score (nSPS) is 24.4. The quantitative estimate of drug-likeness (QED) is 0.220. The summed E-state index contributed by atoms with van der Waals surface area (Å²) in [5, 5.41) is 4.96. The fourth-order valence-corrected chi connectivity index (χ4v) is 6.87. The molecule has 0 aromatic heterocycles. The zero-order valence-electron chi connectivity index (χ0n) is 20.6. The van der Waals surface area contributed by atoms with Crippen molar-refractivity contribution in [3.63, 3.8) is 0 Å². The summed E-state index contributed by atoms with van der Waals surface area (Å²) >= 11 is 5.97. The third-order valence-electron chi connectivity index (χ3n) is 8.24. The molecule has 39 heavy (non-hydrogen) atoms. The first-order valence-electron chi connectivity index (χ1n) is 12.7. The summed E-state index contributed by atoms with van der Waals surface area (Å²) in [5.41, 5.74) is 6.40. The number of benzene rings is 4. The van der Waals surface area contributed by atoms with Crippen molar-refractivity contribution in [2.75, 3.05) is 4.90 Å². The van der Waals surface area contributed by atoms with Crippen LogP contribution < -0.4 is 10.3 Å². The lowest BCUT2D eigenvalue weighted by Gasteiger charge is -2.52. The molecule has 0 radical (unpaired) electrons. The number of carbonyl (C=O) groups is 3. The Kier molecular flexibility index (Phi) is 5.28. The highest BCUT2D eigenvalue weighted by atomic mass is 35.5. The summed E-state index contributed by atoms with van der Waals surface area (Å²) in [5.74, 6) is -2.45. The van der Waals surface area contributed by atoms with E-state index in [1.54, 1.807) is 42.6 Å². The summed E-state index contributed by atoms with van der Waals surface area (Å²) < 4.78 is 0. The molecule has 4 aromatic carbocycles. The molecule has 8 rings (SSSR count). The second-order valence-corrected chi connectivity index (χ2v) is 10.5. The lowest BCUT2D eigenvalue weighted by molar-refractivity contribution is -0.122. The van der Waals surface area contributed by atoms with E-state index in [1.165, 1.54) is 4.90 Å². The van der Waals surface area contributed by atoms with E-state index in [0.29, 0.717) is 16.3 Å². The lowest BCUT2D eigenvalue weighted by atomic mass is 9.47. The Bertz CT molecular complexity index is 1640. The average molecular weight is 532 g/mol. The highest BCUT2D eigenvalue weighted by molar-refractivity contribution is 6.30. The van der Waals surface area contributed by atoms with E-state index in [4.69, 9.17) is 11.6 Å². The number of nitrogens with zero attached hydrogens (tertiary/aromatic N) is 2. The monoisotopic (exact) mass is 531 g/mol. The number of halogens is 1. The highest BCUT2D eigenvalue weighted by Gasteiger charge is 2.68. The van der Waals surface area contributed by atoms with Gasteiger partial charge >= 0.3 is 0 Å². The van der Waals surface area contributed by atoms with E-state index in [0.717, 1.165) is 22.3 Å². The Labute approximate surface area is 229 Å². The molecule has 4 aromatic rings.